The number of thiazole rings is 1. The average molecular weight is 271 g/mol. The number of halogens is 3. The van der Waals surface area contributed by atoms with Gasteiger partial charge < -0.3 is 0 Å². The minimum Gasteiger partial charge on any atom is -0.295 e. The zero-order valence-electron chi connectivity index (χ0n) is 9.28. The van der Waals surface area contributed by atoms with E-state index in [1.165, 1.54) is 13.1 Å². The first-order valence-electron chi connectivity index (χ1n) is 5.02. The maximum absolute atomic E-state index is 12.4. The van der Waals surface area contributed by atoms with E-state index in [2.05, 4.69) is 4.98 Å². The normalized spacial score (nSPS) is 11.6. The summed E-state index contributed by atoms with van der Waals surface area (Å²) in [5.41, 5.74) is 1.15. The summed E-state index contributed by atoms with van der Waals surface area (Å²) in [6.45, 7) is 1.43. The van der Waals surface area contributed by atoms with Crippen molar-refractivity contribution in [2.75, 3.05) is 0 Å². The van der Waals surface area contributed by atoms with Crippen LogP contribution in [0.1, 0.15) is 22.3 Å². The van der Waals surface area contributed by atoms with Crippen molar-refractivity contribution < 1.29 is 18.0 Å². The minimum atomic E-state index is -4.41. The van der Waals surface area contributed by atoms with E-state index in [0.29, 0.717) is 27.3 Å². The number of benzene rings is 1. The third-order valence-electron chi connectivity index (χ3n) is 2.32. The van der Waals surface area contributed by atoms with Gasteiger partial charge in [-0.1, -0.05) is 24.3 Å². The average Bonchev–Trinajstić information content (AvgIpc) is 2.78. The lowest BCUT2D eigenvalue weighted by Crippen LogP contribution is -2.02. The van der Waals surface area contributed by atoms with Gasteiger partial charge >= 0.3 is 6.18 Å². The molecule has 0 bridgehead atoms. The van der Waals surface area contributed by atoms with Gasteiger partial charge in [0.1, 0.15) is 0 Å². The van der Waals surface area contributed by atoms with E-state index in [1.54, 1.807) is 24.3 Å². The first-order valence-corrected chi connectivity index (χ1v) is 5.84. The number of rotatable bonds is 2. The Labute approximate surface area is 105 Å². The predicted octanol–water partition coefficient (Wildman–Crippen LogP) is 4.03. The summed E-state index contributed by atoms with van der Waals surface area (Å²) in [4.78, 5) is 14.8. The quantitative estimate of drug-likeness (QED) is 0.772. The molecule has 2 rings (SSSR count). The highest BCUT2D eigenvalue weighted by Gasteiger charge is 2.34. The summed E-state index contributed by atoms with van der Waals surface area (Å²) in [5, 5.41) is -0.867. The topological polar surface area (TPSA) is 30.0 Å². The Balaban J connectivity index is 2.32. The minimum absolute atomic E-state index is 0.0816. The molecule has 0 aliphatic heterocycles. The number of ketones is 1. The fourth-order valence-electron chi connectivity index (χ4n) is 1.41. The van der Waals surface area contributed by atoms with E-state index in [0.717, 1.165) is 0 Å². The lowest BCUT2D eigenvalue weighted by atomic mass is 10.1. The standard InChI is InChI=1S/C12H8F3NOS/c1-7(17)8-2-4-9(5-3-8)10-6-16-11(18-10)12(13,14)15/h2-6H,1H3. The second kappa shape index (κ2) is 4.53. The molecule has 0 amide bonds. The van der Waals surface area contributed by atoms with Crippen LogP contribution in [0.2, 0.25) is 0 Å². The monoisotopic (exact) mass is 271 g/mol. The fraction of sp³-hybridized carbons (Fsp3) is 0.167. The van der Waals surface area contributed by atoms with E-state index in [4.69, 9.17) is 0 Å². The number of aromatic nitrogens is 1. The SMILES string of the molecule is CC(=O)c1ccc(-c2cnc(C(F)(F)F)s2)cc1. The molecular formula is C12H8F3NOS. The summed E-state index contributed by atoms with van der Waals surface area (Å²) in [5.74, 6) is -0.0816. The van der Waals surface area contributed by atoms with Crippen LogP contribution in [0.15, 0.2) is 30.5 Å². The van der Waals surface area contributed by atoms with Crippen molar-refractivity contribution >= 4 is 17.1 Å². The molecule has 0 spiro atoms. The molecule has 0 aliphatic rings. The van der Waals surface area contributed by atoms with Crippen LogP contribution in [0.5, 0.6) is 0 Å². The number of Topliss-reactive ketones (excluding diaryl/α,β-unsaturated/α-hetero) is 1. The molecule has 0 aliphatic carbocycles. The Morgan fingerprint density at radius 2 is 1.83 bits per heavy atom. The maximum Gasteiger partial charge on any atom is 0.443 e. The smallest absolute Gasteiger partial charge is 0.295 e. The number of carbonyl (C=O) groups is 1. The van der Waals surface area contributed by atoms with Crippen LogP contribution in [0.25, 0.3) is 10.4 Å². The van der Waals surface area contributed by atoms with Crippen LogP contribution in [0.4, 0.5) is 13.2 Å². The Kier molecular flexibility index (Phi) is 3.21. The molecule has 0 unspecified atom stereocenters. The zero-order chi connectivity index (χ0) is 13.3. The van der Waals surface area contributed by atoms with Crippen molar-refractivity contribution in [1.29, 1.82) is 0 Å². The molecule has 1 heterocycles. The molecule has 0 saturated heterocycles. The zero-order valence-corrected chi connectivity index (χ0v) is 10.1. The number of carbonyl (C=O) groups excluding carboxylic acids is 1. The molecule has 1 aromatic carbocycles. The molecule has 0 saturated carbocycles. The van der Waals surface area contributed by atoms with Gasteiger partial charge in [0.05, 0.1) is 4.88 Å². The van der Waals surface area contributed by atoms with Crippen LogP contribution in [-0.4, -0.2) is 10.8 Å². The van der Waals surface area contributed by atoms with Gasteiger partial charge in [-0.05, 0) is 12.5 Å². The van der Waals surface area contributed by atoms with Crippen LogP contribution < -0.4 is 0 Å². The summed E-state index contributed by atoms with van der Waals surface area (Å²) in [6, 6.07) is 6.41. The van der Waals surface area contributed by atoms with Crippen LogP contribution in [-0.2, 0) is 6.18 Å². The van der Waals surface area contributed by atoms with Gasteiger partial charge in [-0.3, -0.25) is 4.79 Å². The predicted molar refractivity (Wildman–Crippen MR) is 62.6 cm³/mol. The van der Waals surface area contributed by atoms with Gasteiger partial charge in [-0.15, -0.1) is 11.3 Å². The highest BCUT2D eigenvalue weighted by Crippen LogP contribution is 2.36. The summed E-state index contributed by atoms with van der Waals surface area (Å²) in [6.07, 6.45) is -3.22. The first-order chi connectivity index (χ1) is 8.38. The molecule has 2 nitrogen and oxygen atoms in total. The molecule has 6 heteroatoms. The van der Waals surface area contributed by atoms with E-state index in [9.17, 15) is 18.0 Å². The molecule has 2 aromatic rings. The van der Waals surface area contributed by atoms with Gasteiger partial charge in [-0.2, -0.15) is 13.2 Å². The van der Waals surface area contributed by atoms with Crippen molar-refractivity contribution in [2.24, 2.45) is 0 Å². The largest absolute Gasteiger partial charge is 0.443 e. The van der Waals surface area contributed by atoms with Gasteiger partial charge in [-0.25, -0.2) is 4.98 Å². The molecule has 0 atom stereocenters. The Morgan fingerprint density at radius 3 is 2.28 bits per heavy atom. The van der Waals surface area contributed by atoms with Crippen LogP contribution in [0.3, 0.4) is 0 Å². The highest BCUT2D eigenvalue weighted by molar-refractivity contribution is 7.15. The third-order valence-corrected chi connectivity index (χ3v) is 3.42. The van der Waals surface area contributed by atoms with Crippen molar-refractivity contribution in [2.45, 2.75) is 13.1 Å². The molecule has 0 N–H and O–H groups in total. The highest BCUT2D eigenvalue weighted by atomic mass is 32.1. The van der Waals surface area contributed by atoms with Crippen molar-refractivity contribution in [1.82, 2.24) is 4.98 Å². The van der Waals surface area contributed by atoms with Crippen molar-refractivity contribution in [3.63, 3.8) is 0 Å². The molecule has 1 aromatic heterocycles. The Bertz CT molecular complexity index is 572. The second-order valence-corrected chi connectivity index (χ2v) is 4.69. The van der Waals surface area contributed by atoms with Gasteiger partial charge in [0, 0.05) is 11.8 Å². The fourth-order valence-corrected chi connectivity index (χ4v) is 2.20. The van der Waals surface area contributed by atoms with E-state index < -0.39 is 11.2 Å². The van der Waals surface area contributed by atoms with E-state index >= 15 is 0 Å². The van der Waals surface area contributed by atoms with E-state index in [1.807, 2.05) is 0 Å². The molecular weight excluding hydrogens is 263 g/mol. The summed E-state index contributed by atoms with van der Waals surface area (Å²) in [7, 11) is 0. The van der Waals surface area contributed by atoms with Crippen molar-refractivity contribution in [3.8, 4) is 10.4 Å². The van der Waals surface area contributed by atoms with Gasteiger partial charge in [0.2, 0.25) is 0 Å². The number of hydrogen-bond donors (Lipinski definition) is 0. The number of hydrogen-bond acceptors (Lipinski definition) is 3. The Morgan fingerprint density at radius 1 is 1.22 bits per heavy atom. The lowest BCUT2D eigenvalue weighted by molar-refractivity contribution is -0.137. The van der Waals surface area contributed by atoms with Crippen molar-refractivity contribution in [3.05, 3.63) is 41.0 Å². The molecule has 94 valence electrons. The number of nitrogens with zero attached hydrogens (tertiary/aromatic N) is 1. The van der Waals surface area contributed by atoms with Gasteiger partial charge in [0.15, 0.2) is 10.8 Å². The van der Waals surface area contributed by atoms with E-state index in [-0.39, 0.29) is 5.78 Å². The summed E-state index contributed by atoms with van der Waals surface area (Å²) >= 11 is 0.586. The van der Waals surface area contributed by atoms with Crippen LogP contribution in [0, 0.1) is 0 Å². The maximum atomic E-state index is 12.4. The molecule has 0 fully saturated rings. The Hall–Kier alpha value is -1.69. The first kappa shape index (κ1) is 12.8. The number of alkyl halides is 3. The van der Waals surface area contributed by atoms with Crippen LogP contribution >= 0.6 is 11.3 Å². The summed E-state index contributed by atoms with van der Waals surface area (Å²) < 4.78 is 37.2. The third kappa shape index (κ3) is 2.59. The molecule has 0 radical (unpaired) electrons. The lowest BCUT2D eigenvalue weighted by Gasteiger charge is -2.00. The second-order valence-electron chi connectivity index (χ2n) is 3.66. The molecule has 18 heavy (non-hydrogen) atoms. The van der Waals surface area contributed by atoms with Gasteiger partial charge in [0.25, 0.3) is 0 Å².